The molecule has 0 saturated carbocycles. The predicted molar refractivity (Wildman–Crippen MR) is 78.3 cm³/mol. The topological polar surface area (TPSA) is 78.2 Å². The summed E-state index contributed by atoms with van der Waals surface area (Å²) >= 11 is 3.45. The van der Waals surface area contributed by atoms with Crippen LogP contribution in [0.3, 0.4) is 0 Å². The van der Waals surface area contributed by atoms with E-state index in [0.717, 1.165) is 42.6 Å². The van der Waals surface area contributed by atoms with Crippen molar-refractivity contribution in [1.29, 1.82) is 0 Å². The van der Waals surface area contributed by atoms with Crippen molar-refractivity contribution >= 4 is 21.8 Å². The van der Waals surface area contributed by atoms with Gasteiger partial charge >= 0.3 is 0 Å². The lowest BCUT2D eigenvalue weighted by Crippen LogP contribution is -2.84. The maximum Gasteiger partial charge on any atom is 0.255 e. The fraction of sp³-hybridized carbons (Fsp3) is 0.500. The Morgan fingerprint density at radius 3 is 3.10 bits per heavy atom. The van der Waals surface area contributed by atoms with Gasteiger partial charge in [0.15, 0.2) is 6.61 Å². The number of primary amides is 1. The van der Waals surface area contributed by atoms with Gasteiger partial charge in [0.1, 0.15) is 24.9 Å². The first-order valence-electron chi connectivity index (χ1n) is 6.78. The molecule has 4 N–H and O–H groups in total. The molecule has 6 heteroatoms. The molecule has 0 aromatic heterocycles. The number of nitrogens with two attached hydrogens (primary N) is 2. The van der Waals surface area contributed by atoms with E-state index in [-0.39, 0.29) is 6.61 Å². The quantitative estimate of drug-likeness (QED) is 0.759. The highest BCUT2D eigenvalue weighted by Crippen LogP contribution is 2.22. The number of hydrogen-bond donors (Lipinski definition) is 2. The Morgan fingerprint density at radius 2 is 2.40 bits per heavy atom. The summed E-state index contributed by atoms with van der Waals surface area (Å²) in [6.45, 7) is 2.51. The average molecular weight is 344 g/mol. The third kappa shape index (κ3) is 4.77. The van der Waals surface area contributed by atoms with Crippen LogP contribution in [0.15, 0.2) is 22.7 Å². The highest BCUT2D eigenvalue weighted by Gasteiger charge is 2.17. The standard InChI is InChI=1S/C14H19BrN2O3/c15-11-3-4-13(20-9-14(16)18)10(6-11)7-17-8-12-2-1-5-19-12/h3-4,6,12,17H,1-2,5,7-9H2,(H2,16,18)/p+1/t12-/m1/s1. The lowest BCUT2D eigenvalue weighted by molar-refractivity contribution is -0.676. The van der Waals surface area contributed by atoms with Crippen molar-refractivity contribution in [1.82, 2.24) is 0 Å². The van der Waals surface area contributed by atoms with Crippen molar-refractivity contribution in [2.24, 2.45) is 5.73 Å². The highest BCUT2D eigenvalue weighted by atomic mass is 79.9. The second-order valence-electron chi connectivity index (χ2n) is 4.87. The molecule has 110 valence electrons. The molecule has 1 heterocycles. The fourth-order valence-corrected chi connectivity index (χ4v) is 2.66. The van der Waals surface area contributed by atoms with Crippen LogP contribution in [0.2, 0.25) is 0 Å². The lowest BCUT2D eigenvalue weighted by atomic mass is 10.2. The molecule has 0 bridgehead atoms. The van der Waals surface area contributed by atoms with Gasteiger partial charge in [0.2, 0.25) is 0 Å². The average Bonchev–Trinajstić information content (AvgIpc) is 2.91. The first kappa shape index (κ1) is 15.3. The maximum absolute atomic E-state index is 10.8. The molecule has 0 aliphatic carbocycles. The fourth-order valence-electron chi connectivity index (χ4n) is 2.25. The lowest BCUT2D eigenvalue weighted by Gasteiger charge is -2.12. The largest absolute Gasteiger partial charge is 0.483 e. The Bertz CT molecular complexity index is 462. The molecule has 2 rings (SSSR count). The molecule has 1 saturated heterocycles. The Morgan fingerprint density at radius 1 is 1.55 bits per heavy atom. The summed E-state index contributed by atoms with van der Waals surface area (Å²) < 4.78 is 12.0. The summed E-state index contributed by atoms with van der Waals surface area (Å²) in [5.41, 5.74) is 6.15. The number of benzene rings is 1. The van der Waals surface area contributed by atoms with Gasteiger partial charge in [-0.05, 0) is 31.0 Å². The summed E-state index contributed by atoms with van der Waals surface area (Å²) in [7, 11) is 0. The molecule has 1 aromatic carbocycles. The smallest absolute Gasteiger partial charge is 0.255 e. The van der Waals surface area contributed by atoms with Crippen molar-refractivity contribution in [2.75, 3.05) is 19.8 Å². The van der Waals surface area contributed by atoms with E-state index in [1.807, 2.05) is 18.2 Å². The van der Waals surface area contributed by atoms with Crippen LogP contribution in [-0.2, 0) is 16.1 Å². The van der Waals surface area contributed by atoms with Crippen molar-refractivity contribution < 1.29 is 19.6 Å². The molecule has 1 fully saturated rings. The van der Waals surface area contributed by atoms with Gasteiger partial charge in [-0.25, -0.2) is 0 Å². The molecule has 1 atom stereocenters. The van der Waals surface area contributed by atoms with Gasteiger partial charge in [-0.1, -0.05) is 15.9 Å². The van der Waals surface area contributed by atoms with Gasteiger partial charge < -0.3 is 20.5 Å². The predicted octanol–water partition coefficient (Wildman–Crippen LogP) is 0.556. The van der Waals surface area contributed by atoms with Gasteiger partial charge in [0.25, 0.3) is 5.91 Å². The van der Waals surface area contributed by atoms with Gasteiger partial charge in [-0.2, -0.15) is 0 Å². The zero-order valence-electron chi connectivity index (χ0n) is 11.3. The summed E-state index contributed by atoms with van der Waals surface area (Å²) in [5, 5.41) is 2.20. The van der Waals surface area contributed by atoms with E-state index in [1.165, 1.54) is 0 Å². The number of quaternary nitrogens is 1. The van der Waals surface area contributed by atoms with E-state index >= 15 is 0 Å². The minimum absolute atomic E-state index is 0.0969. The van der Waals surface area contributed by atoms with E-state index in [2.05, 4.69) is 21.2 Å². The summed E-state index contributed by atoms with van der Waals surface area (Å²) in [6, 6.07) is 5.74. The van der Waals surface area contributed by atoms with E-state index in [1.54, 1.807) is 0 Å². The van der Waals surface area contributed by atoms with Crippen LogP contribution < -0.4 is 15.8 Å². The Balaban J connectivity index is 1.90. The molecule has 0 spiro atoms. The van der Waals surface area contributed by atoms with Crippen molar-refractivity contribution in [3.05, 3.63) is 28.2 Å². The van der Waals surface area contributed by atoms with Crippen molar-refractivity contribution in [2.45, 2.75) is 25.5 Å². The third-order valence-corrected chi connectivity index (χ3v) is 3.70. The van der Waals surface area contributed by atoms with Crippen LogP contribution in [0.5, 0.6) is 5.75 Å². The minimum atomic E-state index is -0.470. The molecule has 0 unspecified atom stereocenters. The number of halogens is 1. The van der Waals surface area contributed by atoms with Gasteiger partial charge in [-0.15, -0.1) is 0 Å². The molecule has 20 heavy (non-hydrogen) atoms. The third-order valence-electron chi connectivity index (χ3n) is 3.21. The van der Waals surface area contributed by atoms with Crippen molar-refractivity contribution in [3.8, 4) is 5.75 Å². The number of hydrogen-bond acceptors (Lipinski definition) is 3. The number of carbonyl (C=O) groups excluding carboxylic acids is 1. The maximum atomic E-state index is 10.8. The van der Waals surface area contributed by atoms with Gasteiger partial charge in [-0.3, -0.25) is 4.79 Å². The second-order valence-corrected chi connectivity index (χ2v) is 5.79. The van der Waals surface area contributed by atoms with Gasteiger partial charge in [0.05, 0.1) is 0 Å². The van der Waals surface area contributed by atoms with E-state index in [4.69, 9.17) is 15.2 Å². The Hall–Kier alpha value is -1.11. The number of ether oxygens (including phenoxy) is 2. The first-order valence-corrected chi connectivity index (χ1v) is 7.57. The number of amides is 1. The molecule has 1 amide bonds. The summed E-state index contributed by atoms with van der Waals surface area (Å²) in [6.07, 6.45) is 2.65. The van der Waals surface area contributed by atoms with E-state index in [0.29, 0.717) is 11.9 Å². The second kappa shape index (κ2) is 7.61. The van der Waals surface area contributed by atoms with Crippen LogP contribution >= 0.6 is 15.9 Å². The Labute approximate surface area is 126 Å². The number of rotatable bonds is 7. The molecular formula is C14H20BrN2O3+. The Kier molecular flexibility index (Phi) is 5.82. The van der Waals surface area contributed by atoms with Crippen LogP contribution in [0.4, 0.5) is 0 Å². The first-order chi connectivity index (χ1) is 9.65. The van der Waals surface area contributed by atoms with Crippen LogP contribution in [-0.4, -0.2) is 31.8 Å². The SMILES string of the molecule is NC(=O)COc1ccc(Br)cc1C[NH2+]C[C@H]1CCCO1. The van der Waals surface area contributed by atoms with Crippen molar-refractivity contribution in [3.63, 3.8) is 0 Å². The zero-order chi connectivity index (χ0) is 14.4. The molecular weight excluding hydrogens is 324 g/mol. The van der Waals surface area contributed by atoms with Gasteiger partial charge in [0, 0.05) is 16.6 Å². The van der Waals surface area contributed by atoms with Crippen LogP contribution in [0.25, 0.3) is 0 Å². The molecule has 5 nitrogen and oxygen atoms in total. The number of carbonyl (C=O) groups is 1. The highest BCUT2D eigenvalue weighted by molar-refractivity contribution is 9.10. The summed E-state index contributed by atoms with van der Waals surface area (Å²) in [4.78, 5) is 10.8. The van der Waals surface area contributed by atoms with E-state index < -0.39 is 5.91 Å². The molecule has 1 aliphatic rings. The monoisotopic (exact) mass is 343 g/mol. The van der Waals surface area contributed by atoms with Crippen LogP contribution in [0, 0.1) is 0 Å². The minimum Gasteiger partial charge on any atom is -0.483 e. The van der Waals surface area contributed by atoms with E-state index in [9.17, 15) is 4.79 Å². The normalized spacial score (nSPS) is 18.1. The zero-order valence-corrected chi connectivity index (χ0v) is 12.9. The molecule has 1 aromatic rings. The molecule has 1 aliphatic heterocycles. The molecule has 0 radical (unpaired) electrons. The van der Waals surface area contributed by atoms with Crippen LogP contribution in [0.1, 0.15) is 18.4 Å². The summed E-state index contributed by atoms with van der Waals surface area (Å²) in [5.74, 6) is 0.234.